The Bertz CT molecular complexity index is 1020. The van der Waals surface area contributed by atoms with Crippen LogP contribution in [0.3, 0.4) is 0 Å². The topological polar surface area (TPSA) is 78.1 Å². The average molecular weight is 392 g/mol. The molecule has 3 aromatic rings. The lowest BCUT2D eigenvalue weighted by Crippen LogP contribution is -2.35. The maximum atomic E-state index is 9.45. The van der Waals surface area contributed by atoms with Gasteiger partial charge in [-0.3, -0.25) is 5.10 Å². The molecule has 3 atom stereocenters. The number of hydrogen-bond donors (Lipinski definition) is 2. The molecule has 0 bridgehead atoms. The number of fused-ring (bicyclic) bond motifs is 1. The molecule has 1 fully saturated rings. The summed E-state index contributed by atoms with van der Waals surface area (Å²) in [6, 6.07) is 10.6. The van der Waals surface area contributed by atoms with Gasteiger partial charge < -0.3 is 10.1 Å². The van der Waals surface area contributed by atoms with Crippen LogP contribution >= 0.6 is 0 Å². The summed E-state index contributed by atoms with van der Waals surface area (Å²) in [6.07, 6.45) is 5.51. The molecule has 2 N–H and O–H groups in total. The molecule has 0 unspecified atom stereocenters. The summed E-state index contributed by atoms with van der Waals surface area (Å²) < 4.78 is 7.67. The van der Waals surface area contributed by atoms with Gasteiger partial charge in [0.05, 0.1) is 6.10 Å². The molecule has 0 radical (unpaired) electrons. The summed E-state index contributed by atoms with van der Waals surface area (Å²) >= 11 is 0. The number of aromatic nitrogens is 3. The Balaban J connectivity index is 1.74. The van der Waals surface area contributed by atoms with Crippen molar-refractivity contribution >= 4 is 11.5 Å². The molecule has 152 valence electrons. The first-order valence-corrected chi connectivity index (χ1v) is 10.5. The van der Waals surface area contributed by atoms with Gasteiger partial charge in [0.1, 0.15) is 23.1 Å². The highest BCUT2D eigenvalue weighted by molar-refractivity contribution is 5.78. The first-order valence-electron chi connectivity index (χ1n) is 10.5. The lowest BCUT2D eigenvalue weighted by atomic mass is 9.78. The van der Waals surface area contributed by atoms with E-state index in [0.29, 0.717) is 29.1 Å². The summed E-state index contributed by atoms with van der Waals surface area (Å²) in [6.45, 7) is 8.70. The Morgan fingerprint density at radius 1 is 1.24 bits per heavy atom. The summed E-state index contributed by atoms with van der Waals surface area (Å²) in [5.74, 6) is 3.04. The van der Waals surface area contributed by atoms with Crippen molar-refractivity contribution in [3.63, 3.8) is 0 Å². The van der Waals surface area contributed by atoms with Crippen LogP contribution in [0, 0.1) is 23.2 Å². The van der Waals surface area contributed by atoms with Gasteiger partial charge in [-0.05, 0) is 56.4 Å². The number of nitrogens with zero attached hydrogens (tertiary/aromatic N) is 3. The molecule has 2 heterocycles. The molecule has 6 nitrogen and oxygen atoms in total. The molecule has 4 rings (SSSR count). The minimum absolute atomic E-state index is 0.136. The molecule has 0 aliphatic heterocycles. The van der Waals surface area contributed by atoms with E-state index in [0.717, 1.165) is 29.2 Å². The monoisotopic (exact) mass is 391 g/mol. The molecular formula is C23H29N5O. The first-order chi connectivity index (χ1) is 14.0. The summed E-state index contributed by atoms with van der Waals surface area (Å²) in [4.78, 5) is 4.82. The summed E-state index contributed by atoms with van der Waals surface area (Å²) in [7, 11) is 0. The lowest BCUT2D eigenvalue weighted by molar-refractivity contribution is 0.242. The van der Waals surface area contributed by atoms with E-state index in [2.05, 4.69) is 30.3 Å². The van der Waals surface area contributed by atoms with Gasteiger partial charge in [0, 0.05) is 17.8 Å². The van der Waals surface area contributed by atoms with Crippen molar-refractivity contribution in [1.29, 1.82) is 5.26 Å². The molecule has 0 amide bonds. The number of H-pyrrole nitrogens is 1. The highest BCUT2D eigenvalue weighted by Gasteiger charge is 2.29. The van der Waals surface area contributed by atoms with Crippen LogP contribution in [0.25, 0.3) is 16.9 Å². The Kier molecular flexibility index (Phi) is 5.23. The van der Waals surface area contributed by atoms with Crippen LogP contribution in [-0.2, 0) is 0 Å². The fourth-order valence-corrected chi connectivity index (χ4v) is 4.26. The van der Waals surface area contributed by atoms with E-state index in [4.69, 9.17) is 9.72 Å². The minimum Gasteiger partial charge on any atom is -0.491 e. The second-order valence-corrected chi connectivity index (χ2v) is 8.48. The van der Waals surface area contributed by atoms with Gasteiger partial charge in [-0.25, -0.2) is 9.50 Å². The van der Waals surface area contributed by atoms with E-state index in [1.54, 1.807) is 6.20 Å². The molecule has 6 heteroatoms. The van der Waals surface area contributed by atoms with Gasteiger partial charge in [-0.2, -0.15) is 5.26 Å². The second-order valence-electron chi connectivity index (χ2n) is 8.48. The Morgan fingerprint density at radius 2 is 2.00 bits per heavy atom. The SMILES string of the molecule is CC(C)Oc1ccc(-c2nc3c(C#N)c[nH]n3c2N[C@@H]2CCC[C@H](C)[C@H]2C)cc1. The minimum atomic E-state index is 0.136. The molecule has 29 heavy (non-hydrogen) atoms. The van der Waals surface area contributed by atoms with Crippen LogP contribution in [0.2, 0.25) is 0 Å². The number of hydrogen-bond acceptors (Lipinski definition) is 4. The van der Waals surface area contributed by atoms with Crippen molar-refractivity contribution in [2.24, 2.45) is 11.8 Å². The van der Waals surface area contributed by atoms with Crippen molar-refractivity contribution in [2.75, 3.05) is 5.32 Å². The number of imidazole rings is 1. The summed E-state index contributed by atoms with van der Waals surface area (Å²) in [5.41, 5.74) is 3.06. The van der Waals surface area contributed by atoms with Crippen molar-refractivity contribution in [3.8, 4) is 23.1 Å². The number of nitriles is 1. The molecule has 0 spiro atoms. The fourth-order valence-electron chi connectivity index (χ4n) is 4.26. The third-order valence-electron chi connectivity index (χ3n) is 6.11. The number of aromatic amines is 1. The van der Waals surface area contributed by atoms with E-state index in [-0.39, 0.29) is 6.10 Å². The number of nitrogens with one attached hydrogen (secondary N) is 2. The zero-order chi connectivity index (χ0) is 20.5. The van der Waals surface area contributed by atoms with Crippen molar-refractivity contribution in [1.82, 2.24) is 14.6 Å². The van der Waals surface area contributed by atoms with E-state index in [1.165, 1.54) is 12.8 Å². The van der Waals surface area contributed by atoms with E-state index >= 15 is 0 Å². The average Bonchev–Trinajstić information content (AvgIpc) is 3.25. The van der Waals surface area contributed by atoms with Crippen molar-refractivity contribution < 1.29 is 4.74 Å². The maximum absolute atomic E-state index is 9.45. The molecule has 1 saturated carbocycles. The molecule has 1 aliphatic rings. The Hall–Kier alpha value is -2.94. The quantitative estimate of drug-likeness (QED) is 0.625. The van der Waals surface area contributed by atoms with Crippen molar-refractivity contribution in [3.05, 3.63) is 36.0 Å². The van der Waals surface area contributed by atoms with Crippen LogP contribution < -0.4 is 10.1 Å². The first kappa shape index (κ1) is 19.4. The van der Waals surface area contributed by atoms with Crippen LogP contribution in [0.4, 0.5) is 5.82 Å². The fraction of sp³-hybridized carbons (Fsp3) is 0.478. The predicted molar refractivity (Wildman–Crippen MR) is 115 cm³/mol. The molecular weight excluding hydrogens is 362 g/mol. The molecule has 2 aromatic heterocycles. The number of anilines is 1. The smallest absolute Gasteiger partial charge is 0.173 e. The predicted octanol–water partition coefficient (Wildman–Crippen LogP) is 5.22. The third kappa shape index (κ3) is 3.69. The molecule has 1 aromatic carbocycles. The van der Waals surface area contributed by atoms with Gasteiger partial charge in [0.15, 0.2) is 11.5 Å². The second kappa shape index (κ2) is 7.82. The van der Waals surface area contributed by atoms with Gasteiger partial charge in [0.25, 0.3) is 0 Å². The lowest BCUT2D eigenvalue weighted by Gasteiger charge is -2.35. The number of ether oxygens (including phenoxy) is 1. The molecule has 0 saturated heterocycles. The third-order valence-corrected chi connectivity index (χ3v) is 6.11. The van der Waals surface area contributed by atoms with Crippen LogP contribution in [0.5, 0.6) is 5.75 Å². The Morgan fingerprint density at radius 3 is 2.69 bits per heavy atom. The molecule has 1 aliphatic carbocycles. The van der Waals surface area contributed by atoms with Gasteiger partial charge in [0.2, 0.25) is 0 Å². The highest BCUT2D eigenvalue weighted by Crippen LogP contribution is 2.36. The zero-order valence-corrected chi connectivity index (χ0v) is 17.6. The van der Waals surface area contributed by atoms with Gasteiger partial charge in [-0.15, -0.1) is 0 Å². The Labute approximate surface area is 171 Å². The maximum Gasteiger partial charge on any atom is 0.173 e. The number of benzene rings is 1. The van der Waals surface area contributed by atoms with E-state index < -0.39 is 0 Å². The van der Waals surface area contributed by atoms with Gasteiger partial charge >= 0.3 is 0 Å². The van der Waals surface area contributed by atoms with Crippen LogP contribution in [-0.4, -0.2) is 26.7 Å². The standard InChI is InChI=1S/C23H29N5O/c1-14(2)29-19-10-8-17(9-11-19)21-23(26-20-7-5-6-15(3)16(20)4)28-22(27-21)18(12-24)13-25-28/h8-11,13-16,20,25-26H,5-7H2,1-4H3/t15-,16+,20+/m0/s1. The van der Waals surface area contributed by atoms with Crippen molar-refractivity contribution in [2.45, 2.75) is 59.1 Å². The summed E-state index contributed by atoms with van der Waals surface area (Å²) in [5, 5.41) is 16.4. The zero-order valence-electron chi connectivity index (χ0n) is 17.6. The number of rotatable bonds is 5. The highest BCUT2D eigenvalue weighted by atomic mass is 16.5. The largest absolute Gasteiger partial charge is 0.491 e. The normalized spacial score (nSPS) is 22.0. The van der Waals surface area contributed by atoms with Crippen LogP contribution in [0.1, 0.15) is 52.5 Å². The van der Waals surface area contributed by atoms with E-state index in [9.17, 15) is 5.26 Å². The van der Waals surface area contributed by atoms with Crippen LogP contribution in [0.15, 0.2) is 30.5 Å². The van der Waals surface area contributed by atoms with Gasteiger partial charge in [-0.1, -0.05) is 26.7 Å². The van der Waals surface area contributed by atoms with E-state index in [1.807, 2.05) is 42.6 Å².